The van der Waals surface area contributed by atoms with Gasteiger partial charge in [0.1, 0.15) is 10.5 Å². The molecule has 1 aromatic rings. The summed E-state index contributed by atoms with van der Waals surface area (Å²) in [4.78, 5) is 0. The largest absolute Gasteiger partial charge is 0.598 e. The molecule has 0 spiro atoms. The topological polar surface area (TPSA) is 53.5 Å². The lowest BCUT2D eigenvalue weighted by atomic mass is 10.1. The van der Waals surface area contributed by atoms with Gasteiger partial charge in [0.25, 0.3) is 0 Å². The Balaban J connectivity index is 3.00. The predicted molar refractivity (Wildman–Crippen MR) is 110 cm³/mol. The molecule has 1 N–H and O–H groups in total. The van der Waals surface area contributed by atoms with Gasteiger partial charge in [-0.3, -0.25) is 0 Å². The molecule has 1 rings (SSSR count). The van der Waals surface area contributed by atoms with Gasteiger partial charge in [-0.15, -0.1) is 4.72 Å². The minimum atomic E-state index is -2.86. The molecule has 8 heteroatoms. The van der Waals surface area contributed by atoms with Crippen molar-refractivity contribution in [3.05, 3.63) is 29.8 Å². The molecule has 0 saturated heterocycles. The molecular weight excluding hydrogens is 388 g/mol. The van der Waals surface area contributed by atoms with Gasteiger partial charge in [0, 0.05) is 11.4 Å². The summed E-state index contributed by atoms with van der Waals surface area (Å²) in [6, 6.07) is 6.05. The molecule has 4 nitrogen and oxygen atoms in total. The van der Waals surface area contributed by atoms with Crippen molar-refractivity contribution in [3.8, 4) is 5.75 Å². The van der Waals surface area contributed by atoms with Crippen LogP contribution in [0.1, 0.15) is 53.1 Å². The Bertz CT molecular complexity index is 586. The van der Waals surface area contributed by atoms with Crippen LogP contribution in [0.25, 0.3) is 0 Å². The quantitative estimate of drug-likeness (QED) is 0.451. The Morgan fingerprint density at radius 1 is 1.07 bits per heavy atom. The highest BCUT2D eigenvalue weighted by Gasteiger charge is 2.38. The number of rotatable bonds is 8. The second kappa shape index (κ2) is 9.22. The molecule has 27 heavy (non-hydrogen) atoms. The van der Waals surface area contributed by atoms with Crippen LogP contribution >= 0.6 is 0 Å². The summed E-state index contributed by atoms with van der Waals surface area (Å²) >= 11 is -1.30. The molecule has 0 saturated carbocycles. The van der Waals surface area contributed by atoms with Gasteiger partial charge in [0.15, 0.2) is 8.32 Å². The van der Waals surface area contributed by atoms with E-state index in [4.69, 9.17) is 4.43 Å². The zero-order chi connectivity index (χ0) is 21.0. The maximum atomic E-state index is 12.6. The van der Waals surface area contributed by atoms with Crippen molar-refractivity contribution in [2.24, 2.45) is 0 Å². The average Bonchev–Trinajstić information content (AvgIpc) is 2.49. The van der Waals surface area contributed by atoms with Crippen molar-refractivity contribution in [2.75, 3.05) is 6.61 Å². The number of alkyl halides is 2. The van der Waals surface area contributed by atoms with E-state index >= 15 is 0 Å². The molecule has 1 unspecified atom stereocenters. The number of nitrogens with one attached hydrogen (secondary N) is 1. The molecule has 0 aliphatic heterocycles. The van der Waals surface area contributed by atoms with Crippen molar-refractivity contribution >= 4 is 19.7 Å². The van der Waals surface area contributed by atoms with E-state index in [2.05, 4.69) is 43.3 Å². The van der Waals surface area contributed by atoms with Gasteiger partial charge in [-0.25, -0.2) is 0 Å². The molecule has 156 valence electrons. The third kappa shape index (κ3) is 7.69. The molecule has 2 atom stereocenters. The van der Waals surface area contributed by atoms with Crippen LogP contribution in [0, 0.1) is 0 Å². The van der Waals surface area contributed by atoms with Crippen LogP contribution in [0.3, 0.4) is 0 Å². The average molecular weight is 422 g/mol. The van der Waals surface area contributed by atoms with Gasteiger partial charge >= 0.3 is 6.61 Å². The monoisotopic (exact) mass is 421 g/mol. The molecule has 0 amide bonds. The predicted octanol–water partition coefficient (Wildman–Crippen LogP) is 5.40. The molecule has 0 radical (unpaired) electrons. The summed E-state index contributed by atoms with van der Waals surface area (Å²) in [5.41, 5.74) is 0.813. The van der Waals surface area contributed by atoms with E-state index in [-0.39, 0.29) is 16.8 Å². The van der Waals surface area contributed by atoms with Crippen LogP contribution in [0.4, 0.5) is 8.78 Å². The Kier molecular flexibility index (Phi) is 8.32. The summed E-state index contributed by atoms with van der Waals surface area (Å²) in [7, 11) is -1.99. The summed E-state index contributed by atoms with van der Waals surface area (Å²) < 4.78 is 50.7. The van der Waals surface area contributed by atoms with Crippen molar-refractivity contribution in [1.29, 1.82) is 0 Å². The van der Waals surface area contributed by atoms with Crippen molar-refractivity contribution < 1.29 is 22.5 Å². The Morgan fingerprint density at radius 3 is 2.00 bits per heavy atom. The molecular formula is C19H33F2NO3SSi. The fraction of sp³-hybridized carbons (Fsp3) is 0.684. The lowest BCUT2D eigenvalue weighted by Gasteiger charge is -2.37. The van der Waals surface area contributed by atoms with Gasteiger partial charge in [0.2, 0.25) is 0 Å². The second-order valence-corrected chi connectivity index (χ2v) is 15.9. The summed E-state index contributed by atoms with van der Waals surface area (Å²) in [6.45, 7) is 14.0. The SMILES string of the molecule is CC(C)(C)[S+]([O-])N[C@H](CO[Si](C)(C)C(C)(C)C)c1ccc(OC(F)F)cc1. The van der Waals surface area contributed by atoms with E-state index in [1.165, 1.54) is 12.1 Å². The molecule has 0 heterocycles. The zero-order valence-electron chi connectivity index (χ0n) is 17.6. The van der Waals surface area contributed by atoms with Crippen molar-refractivity contribution in [1.82, 2.24) is 4.72 Å². The molecule has 0 bridgehead atoms. The first kappa shape index (κ1) is 24.4. The number of benzene rings is 1. The van der Waals surface area contributed by atoms with E-state index in [0.717, 1.165) is 5.56 Å². The van der Waals surface area contributed by atoms with Crippen LogP contribution in [-0.4, -0.2) is 30.8 Å². The van der Waals surface area contributed by atoms with Gasteiger partial charge in [0.05, 0.1) is 12.6 Å². The van der Waals surface area contributed by atoms with Crippen LogP contribution in [-0.2, 0) is 15.8 Å². The fourth-order valence-electron chi connectivity index (χ4n) is 1.89. The van der Waals surface area contributed by atoms with Gasteiger partial charge in [-0.2, -0.15) is 8.78 Å². The van der Waals surface area contributed by atoms with E-state index < -0.39 is 31.0 Å². The van der Waals surface area contributed by atoms with E-state index in [1.54, 1.807) is 12.1 Å². The van der Waals surface area contributed by atoms with E-state index in [9.17, 15) is 13.3 Å². The first-order valence-electron chi connectivity index (χ1n) is 9.00. The normalized spacial score (nSPS) is 15.7. The summed E-state index contributed by atoms with van der Waals surface area (Å²) in [5, 5.41) is 0.0513. The lowest BCUT2D eigenvalue weighted by Crippen LogP contribution is -2.46. The fourth-order valence-corrected chi connectivity index (χ4v) is 3.73. The van der Waals surface area contributed by atoms with Crippen LogP contribution in [0.2, 0.25) is 18.1 Å². The molecule has 0 aromatic heterocycles. The van der Waals surface area contributed by atoms with Crippen molar-refractivity contribution in [3.63, 3.8) is 0 Å². The Labute approximate surface area is 166 Å². The van der Waals surface area contributed by atoms with E-state index in [0.29, 0.717) is 6.61 Å². The first-order chi connectivity index (χ1) is 12.1. The minimum absolute atomic E-state index is 0.0513. The number of hydrogen-bond donors (Lipinski definition) is 1. The Hall–Kier alpha value is -0.673. The molecule has 0 fully saturated rings. The summed E-state index contributed by atoms with van der Waals surface area (Å²) in [5.74, 6) is 0.0924. The third-order valence-corrected chi connectivity index (χ3v) is 10.8. The highest BCUT2D eigenvalue weighted by molar-refractivity contribution is 7.90. The minimum Gasteiger partial charge on any atom is -0.598 e. The van der Waals surface area contributed by atoms with Crippen molar-refractivity contribution in [2.45, 2.75) is 77.1 Å². The van der Waals surface area contributed by atoms with Crippen LogP contribution < -0.4 is 9.46 Å². The van der Waals surface area contributed by atoms with Crippen LogP contribution in [0.5, 0.6) is 5.75 Å². The molecule has 0 aliphatic carbocycles. The summed E-state index contributed by atoms with van der Waals surface area (Å²) in [6.07, 6.45) is 0. The number of halogens is 2. The maximum Gasteiger partial charge on any atom is 0.387 e. The number of ether oxygens (including phenoxy) is 1. The smallest absolute Gasteiger partial charge is 0.387 e. The van der Waals surface area contributed by atoms with Gasteiger partial charge in [-0.05, 0) is 56.6 Å². The highest BCUT2D eigenvalue weighted by Crippen LogP contribution is 2.37. The highest BCUT2D eigenvalue weighted by atomic mass is 32.2. The molecule has 1 aromatic carbocycles. The Morgan fingerprint density at radius 2 is 1.59 bits per heavy atom. The van der Waals surface area contributed by atoms with Gasteiger partial charge < -0.3 is 13.7 Å². The maximum absolute atomic E-state index is 12.6. The molecule has 0 aliphatic rings. The van der Waals surface area contributed by atoms with Gasteiger partial charge in [-0.1, -0.05) is 32.9 Å². The third-order valence-electron chi connectivity index (χ3n) is 4.73. The van der Waals surface area contributed by atoms with E-state index in [1.807, 2.05) is 20.8 Å². The first-order valence-corrected chi connectivity index (χ1v) is 13.1. The van der Waals surface area contributed by atoms with Crippen LogP contribution in [0.15, 0.2) is 24.3 Å². The standard InChI is InChI=1S/C19H33F2NO3SSi/c1-18(2,3)26(23)22-16(13-24-27(7,8)19(4,5)6)14-9-11-15(12-10-14)25-17(20)21/h9-12,16-17,22H,13H2,1-8H3/t16-,26?/m1/s1. The number of hydrogen-bond acceptors (Lipinski definition) is 4. The zero-order valence-corrected chi connectivity index (χ0v) is 19.4. The second-order valence-electron chi connectivity index (χ2n) is 9.07. The lowest BCUT2D eigenvalue weighted by molar-refractivity contribution is -0.0498.